The topological polar surface area (TPSA) is 108 Å². The molecule has 0 aliphatic heterocycles. The molecule has 0 fully saturated rings. The molecular weight excluding hydrogens is 395 g/mol. The van der Waals surface area contributed by atoms with Crippen molar-refractivity contribution in [2.45, 2.75) is 19.7 Å². The summed E-state index contributed by atoms with van der Waals surface area (Å²) in [6.07, 6.45) is -4.46. The third kappa shape index (κ3) is 4.39. The first-order valence-electron chi connectivity index (χ1n) is 8.08. The van der Waals surface area contributed by atoms with Crippen molar-refractivity contribution < 1.29 is 32.1 Å². The van der Waals surface area contributed by atoms with E-state index in [2.05, 4.69) is 10.1 Å². The number of halogens is 3. The first-order valence-corrected chi connectivity index (χ1v) is 8.08. The third-order valence-electron chi connectivity index (χ3n) is 3.99. The van der Waals surface area contributed by atoms with Crippen molar-refractivity contribution in [1.82, 2.24) is 10.1 Å². The lowest BCUT2D eigenvalue weighted by Gasteiger charge is -2.06. The molecule has 0 N–H and O–H groups in total. The quantitative estimate of drug-likeness (QED) is 0.352. The minimum absolute atomic E-state index is 0.0154. The number of carbonyl (C=O) groups is 1. The Morgan fingerprint density at radius 2 is 1.90 bits per heavy atom. The molecule has 1 aromatic heterocycles. The lowest BCUT2D eigenvalue weighted by molar-refractivity contribution is -0.385. The van der Waals surface area contributed by atoms with E-state index in [1.165, 1.54) is 37.3 Å². The largest absolute Gasteiger partial charge is 0.452 e. The highest BCUT2D eigenvalue weighted by molar-refractivity contribution is 5.92. The molecule has 3 aromatic rings. The Kier molecular flexibility index (Phi) is 5.31. The van der Waals surface area contributed by atoms with Gasteiger partial charge in [-0.2, -0.15) is 18.2 Å². The number of nitrogens with zero attached hydrogens (tertiary/aromatic N) is 3. The number of rotatable bonds is 5. The predicted octanol–water partition coefficient (Wildman–Crippen LogP) is 4.33. The fourth-order valence-electron chi connectivity index (χ4n) is 2.49. The Labute approximate surface area is 161 Å². The van der Waals surface area contributed by atoms with Gasteiger partial charge >= 0.3 is 12.1 Å². The molecule has 0 amide bonds. The molecule has 8 nitrogen and oxygen atoms in total. The van der Waals surface area contributed by atoms with Crippen LogP contribution in [0.1, 0.15) is 27.4 Å². The number of esters is 1. The predicted molar refractivity (Wildman–Crippen MR) is 91.7 cm³/mol. The molecule has 2 aromatic carbocycles. The Hall–Kier alpha value is -3.76. The third-order valence-corrected chi connectivity index (χ3v) is 3.99. The fourth-order valence-corrected chi connectivity index (χ4v) is 2.49. The summed E-state index contributed by atoms with van der Waals surface area (Å²) in [5.74, 6) is -0.881. The summed E-state index contributed by atoms with van der Waals surface area (Å²) in [5.41, 5.74) is -0.581. The first-order chi connectivity index (χ1) is 13.7. The van der Waals surface area contributed by atoms with Crippen molar-refractivity contribution >= 4 is 11.7 Å². The van der Waals surface area contributed by atoms with Gasteiger partial charge in [0.25, 0.3) is 11.6 Å². The van der Waals surface area contributed by atoms with E-state index in [1.54, 1.807) is 0 Å². The van der Waals surface area contributed by atoms with Crippen LogP contribution in [0.4, 0.5) is 18.9 Å². The van der Waals surface area contributed by atoms with Crippen LogP contribution in [0.25, 0.3) is 11.4 Å². The number of hydrogen-bond donors (Lipinski definition) is 0. The number of ether oxygens (including phenoxy) is 1. The highest BCUT2D eigenvalue weighted by atomic mass is 19.4. The summed E-state index contributed by atoms with van der Waals surface area (Å²) in [6, 6.07) is 8.16. The summed E-state index contributed by atoms with van der Waals surface area (Å²) in [5, 5.41) is 14.6. The van der Waals surface area contributed by atoms with E-state index in [1.807, 2.05) is 0 Å². The second-order valence-electron chi connectivity index (χ2n) is 5.87. The molecule has 0 spiro atoms. The second-order valence-corrected chi connectivity index (χ2v) is 5.87. The molecular formula is C18H12F3N3O5. The standard InChI is InChI=1S/C18H12F3N3O5/c1-10-13(3-2-4-14(10)24(26)27)17(25)28-9-15-22-16(23-29-15)11-5-7-12(8-6-11)18(19,20)21/h2-8H,9H2,1H3. The van der Waals surface area contributed by atoms with E-state index < -0.39 is 29.2 Å². The molecule has 0 saturated heterocycles. The van der Waals surface area contributed by atoms with Gasteiger partial charge in [-0.25, -0.2) is 4.79 Å². The van der Waals surface area contributed by atoms with Gasteiger partial charge in [0.15, 0.2) is 6.61 Å². The average molecular weight is 407 g/mol. The SMILES string of the molecule is Cc1c(C(=O)OCc2nc(-c3ccc(C(F)(F)F)cc3)no2)cccc1[N+](=O)[O-]. The molecule has 0 atom stereocenters. The number of hydrogen-bond acceptors (Lipinski definition) is 7. The van der Waals surface area contributed by atoms with Crippen LogP contribution < -0.4 is 0 Å². The lowest BCUT2D eigenvalue weighted by atomic mass is 10.1. The Balaban J connectivity index is 1.69. The van der Waals surface area contributed by atoms with E-state index in [4.69, 9.17) is 9.26 Å². The van der Waals surface area contributed by atoms with Gasteiger partial charge in [-0.3, -0.25) is 10.1 Å². The van der Waals surface area contributed by atoms with Crippen molar-refractivity contribution in [2.75, 3.05) is 0 Å². The van der Waals surface area contributed by atoms with Crippen molar-refractivity contribution in [3.8, 4) is 11.4 Å². The highest BCUT2D eigenvalue weighted by Crippen LogP contribution is 2.30. The van der Waals surface area contributed by atoms with Crippen molar-refractivity contribution in [1.29, 1.82) is 0 Å². The molecule has 0 aliphatic rings. The summed E-state index contributed by atoms with van der Waals surface area (Å²) in [4.78, 5) is 26.5. The minimum Gasteiger partial charge on any atom is -0.452 e. The maximum atomic E-state index is 12.6. The molecule has 150 valence electrons. The Bertz CT molecular complexity index is 1060. The van der Waals surface area contributed by atoms with Gasteiger partial charge in [0.1, 0.15) is 0 Å². The zero-order chi connectivity index (χ0) is 21.2. The van der Waals surface area contributed by atoms with E-state index in [0.29, 0.717) is 0 Å². The monoisotopic (exact) mass is 407 g/mol. The summed E-state index contributed by atoms with van der Waals surface area (Å²) >= 11 is 0. The van der Waals surface area contributed by atoms with Gasteiger partial charge in [0, 0.05) is 17.2 Å². The van der Waals surface area contributed by atoms with E-state index in [9.17, 15) is 28.1 Å². The maximum Gasteiger partial charge on any atom is 0.416 e. The van der Waals surface area contributed by atoms with Crippen LogP contribution in [0.15, 0.2) is 47.0 Å². The zero-order valence-corrected chi connectivity index (χ0v) is 14.8. The van der Waals surface area contributed by atoms with E-state index >= 15 is 0 Å². The maximum absolute atomic E-state index is 12.6. The van der Waals surface area contributed by atoms with Crippen molar-refractivity contribution in [3.05, 3.63) is 75.2 Å². The van der Waals surface area contributed by atoms with Gasteiger partial charge in [-0.05, 0) is 25.1 Å². The number of nitro benzene ring substituents is 1. The molecule has 0 radical (unpaired) electrons. The molecule has 0 unspecified atom stereocenters. The number of carbonyl (C=O) groups excluding carboxylic acids is 1. The number of alkyl halides is 3. The smallest absolute Gasteiger partial charge is 0.416 e. The van der Waals surface area contributed by atoms with Crippen LogP contribution >= 0.6 is 0 Å². The number of nitro groups is 1. The summed E-state index contributed by atoms with van der Waals surface area (Å²) in [6.45, 7) is 1.01. The van der Waals surface area contributed by atoms with Gasteiger partial charge < -0.3 is 9.26 Å². The molecule has 3 rings (SSSR count). The minimum atomic E-state index is -4.46. The van der Waals surface area contributed by atoms with Crippen LogP contribution in [0.5, 0.6) is 0 Å². The van der Waals surface area contributed by atoms with Crippen LogP contribution in [0.2, 0.25) is 0 Å². The lowest BCUT2D eigenvalue weighted by Crippen LogP contribution is -2.08. The number of benzene rings is 2. The summed E-state index contributed by atoms with van der Waals surface area (Å²) in [7, 11) is 0. The second kappa shape index (κ2) is 7.70. The van der Waals surface area contributed by atoms with E-state index in [-0.39, 0.29) is 34.1 Å². The van der Waals surface area contributed by atoms with Crippen LogP contribution in [0.3, 0.4) is 0 Å². The van der Waals surface area contributed by atoms with Gasteiger partial charge in [-0.1, -0.05) is 23.4 Å². The van der Waals surface area contributed by atoms with Crippen molar-refractivity contribution in [3.63, 3.8) is 0 Å². The first kappa shape index (κ1) is 20.0. The molecule has 1 heterocycles. The van der Waals surface area contributed by atoms with Crippen LogP contribution in [0, 0.1) is 17.0 Å². The average Bonchev–Trinajstić information content (AvgIpc) is 3.14. The van der Waals surface area contributed by atoms with Crippen molar-refractivity contribution in [2.24, 2.45) is 0 Å². The van der Waals surface area contributed by atoms with Crippen LogP contribution in [-0.4, -0.2) is 21.0 Å². The molecule has 0 saturated carbocycles. The number of aromatic nitrogens is 2. The fraction of sp³-hybridized carbons (Fsp3) is 0.167. The molecule has 11 heteroatoms. The summed E-state index contributed by atoms with van der Waals surface area (Å²) < 4.78 is 47.8. The molecule has 0 bridgehead atoms. The van der Waals surface area contributed by atoms with E-state index in [0.717, 1.165) is 12.1 Å². The normalized spacial score (nSPS) is 11.3. The molecule has 29 heavy (non-hydrogen) atoms. The van der Waals surface area contributed by atoms with Crippen LogP contribution in [-0.2, 0) is 17.5 Å². The molecule has 0 aliphatic carbocycles. The highest BCUT2D eigenvalue weighted by Gasteiger charge is 2.30. The Morgan fingerprint density at radius 3 is 2.52 bits per heavy atom. The van der Waals surface area contributed by atoms with Gasteiger partial charge in [0.05, 0.1) is 16.1 Å². The Morgan fingerprint density at radius 1 is 1.21 bits per heavy atom. The van der Waals surface area contributed by atoms with Gasteiger partial charge in [0.2, 0.25) is 5.82 Å². The van der Waals surface area contributed by atoms with Gasteiger partial charge in [-0.15, -0.1) is 0 Å². The zero-order valence-electron chi connectivity index (χ0n) is 14.8.